The standard InChI is InChI=1S/10BO3.2Na.2H/c10*2-1(3)4;;;;/q10*-3;2*+1;2*-1/p+14. The van der Waals surface area contributed by atoms with E-state index in [0.717, 1.165) is 0 Å². The van der Waals surface area contributed by atoms with Gasteiger partial charge < -0.3 is 154 Å². The van der Waals surface area contributed by atoms with Gasteiger partial charge in [0.25, 0.3) is 0 Å². The smallest absolute Gasteiger partial charge is 1.00 e. The van der Waals surface area contributed by atoms with Crippen LogP contribution in [0.25, 0.3) is 0 Å². The Hall–Kier alpha value is 1.45. The molecule has 0 aliphatic rings. The number of hydrogen-bond acceptors (Lipinski definition) is 30. The summed E-state index contributed by atoms with van der Waals surface area (Å²) in [5, 5.41) is 252. The third-order valence-electron chi connectivity index (χ3n) is 0. The topological polar surface area (TPSA) is 692 Å². The molecule has 0 heterocycles. The van der Waals surface area contributed by atoms with Crippen LogP contribution in [0.1, 0.15) is 22.8 Å². The Labute approximate surface area is 305 Å². The minimum Gasteiger partial charge on any atom is -1.00 e. The molecular formula is H16B10Na2O30-16. The van der Waals surface area contributed by atoms with E-state index < -0.39 is 73.2 Å². The van der Waals surface area contributed by atoms with Gasteiger partial charge in [-0.05, 0) is 0 Å². The van der Waals surface area contributed by atoms with Crippen molar-refractivity contribution in [2.24, 2.45) is 0 Å². The van der Waals surface area contributed by atoms with Crippen molar-refractivity contribution in [2.75, 3.05) is 0 Å². The van der Waals surface area contributed by atoms with E-state index in [9.17, 15) is 0 Å². The molecule has 0 atom stereocenters. The number of rotatable bonds is 0. The van der Waals surface area contributed by atoms with Gasteiger partial charge in [-0.1, -0.05) is 0 Å². The van der Waals surface area contributed by atoms with Crippen molar-refractivity contribution in [3.05, 3.63) is 0 Å². The fraction of sp³-hybridized carbons (Fsp3) is 0. The van der Waals surface area contributed by atoms with E-state index >= 15 is 0 Å². The predicted molar refractivity (Wildman–Crippen MR) is 75.3 cm³/mol. The second-order valence-electron chi connectivity index (χ2n) is 2.89. The average molecular weight is 650 g/mol. The van der Waals surface area contributed by atoms with Crippen molar-refractivity contribution in [1.29, 1.82) is 0 Å². The van der Waals surface area contributed by atoms with Gasteiger partial charge >= 0.3 is 79.1 Å². The Morgan fingerprint density at radius 2 is 0.167 bits per heavy atom. The Bertz CT molecular complexity index is 241. The van der Waals surface area contributed by atoms with Crippen molar-refractivity contribution < 1.29 is 233 Å². The average Bonchev–Trinajstić information content (AvgIpc) is 2.47. The normalized spacial score (nSPS) is 6.43. The molecule has 0 spiro atoms. The summed E-state index contributed by atoms with van der Waals surface area (Å²) in [6.45, 7) is 0. The van der Waals surface area contributed by atoms with Gasteiger partial charge in [-0.2, -0.15) is 0 Å². The molecule has 30 nitrogen and oxygen atoms in total. The van der Waals surface area contributed by atoms with Crippen molar-refractivity contribution >= 4 is 73.2 Å². The molecule has 0 N–H and O–H groups in total. The Balaban J connectivity index is -0.00000000641. The zero-order valence-electron chi connectivity index (χ0n) is 36.0. The van der Waals surface area contributed by atoms with Crippen LogP contribution in [-0.2, 0) is 0 Å². The van der Waals surface area contributed by atoms with Gasteiger partial charge in [0, 0.05) is 0 Å². The SMILES string of the molecule is [H+].[H+].[H+].[H+].[H+].[H+].[H+].[H+].[H+].[H+].[H+].[H+].[H+].[H+].[H-].[H-].[Na+].[Na+].[O-]B([O-])[O-].[O-]B([O-])[O-].[O-]B([O-])[O-].[O-]B([O-])[O-].[O-]B([O-])[O-].[O-]B([O-])[O-].[O-]B([O-])[O-].[O-]B([O-])[O-].[O-]B([O-])[O-].[O-]B([O-])[O-]. The first-order valence-corrected chi connectivity index (χ1v) is 7.07. The second kappa shape index (κ2) is 73.7. The Morgan fingerprint density at radius 1 is 0.167 bits per heavy atom. The van der Waals surface area contributed by atoms with Crippen LogP contribution < -0.4 is 210 Å². The zero-order valence-corrected chi connectivity index (χ0v) is 24.0. The summed E-state index contributed by atoms with van der Waals surface area (Å²) in [7, 11) is -29.2. The maximum Gasteiger partial charge on any atom is 1.00 e. The minimum atomic E-state index is -2.92. The van der Waals surface area contributed by atoms with Gasteiger partial charge in [-0.25, -0.2) is 0 Å². The van der Waals surface area contributed by atoms with Crippen LogP contribution in [0.5, 0.6) is 0 Å². The van der Waals surface area contributed by atoms with Crippen molar-refractivity contribution in [3.63, 3.8) is 0 Å². The van der Waals surface area contributed by atoms with E-state index in [1.54, 1.807) is 0 Å². The molecule has 0 saturated carbocycles. The van der Waals surface area contributed by atoms with Crippen LogP contribution in [0.2, 0.25) is 0 Å². The Kier molecular flexibility index (Phi) is 139. The first kappa shape index (κ1) is 79.2. The van der Waals surface area contributed by atoms with Gasteiger partial charge in [0.1, 0.15) is 0 Å². The largest absolute Gasteiger partial charge is 1.00 e. The zero-order chi connectivity index (χ0) is 35.8. The van der Waals surface area contributed by atoms with Crippen LogP contribution in [0, 0.1) is 0 Å². The van der Waals surface area contributed by atoms with Gasteiger partial charge in [0.15, 0.2) is 0 Å². The van der Waals surface area contributed by atoms with Gasteiger partial charge in [0.05, 0.1) is 0 Å². The molecule has 0 saturated heterocycles. The predicted octanol–water partition coefficient (Wildman–Crippen LogP) is -43.7. The van der Waals surface area contributed by atoms with Gasteiger partial charge in [-0.3, -0.25) is 73.2 Å². The molecular weight excluding hydrogens is 634 g/mol. The molecule has 0 aliphatic heterocycles. The molecule has 0 aromatic rings. The van der Waals surface area contributed by atoms with Crippen molar-refractivity contribution in [2.45, 2.75) is 0 Å². The minimum absolute atomic E-state index is 0. The molecule has 0 fully saturated rings. The quantitative estimate of drug-likeness (QED) is 0.219. The molecule has 0 aromatic carbocycles. The van der Waals surface area contributed by atoms with E-state index in [4.69, 9.17) is 151 Å². The summed E-state index contributed by atoms with van der Waals surface area (Å²) < 4.78 is 0. The summed E-state index contributed by atoms with van der Waals surface area (Å²) in [5.74, 6) is 0. The van der Waals surface area contributed by atoms with Crippen molar-refractivity contribution in [3.8, 4) is 0 Å². The fourth-order valence-corrected chi connectivity index (χ4v) is 0. The molecule has 0 radical (unpaired) electrons. The van der Waals surface area contributed by atoms with Gasteiger partial charge in [-0.15, -0.1) is 0 Å². The van der Waals surface area contributed by atoms with E-state index in [2.05, 4.69) is 0 Å². The van der Waals surface area contributed by atoms with E-state index in [-0.39, 0.29) is 81.9 Å². The molecule has 244 valence electrons. The van der Waals surface area contributed by atoms with E-state index in [1.165, 1.54) is 0 Å². The molecule has 0 aliphatic carbocycles. The first-order valence-electron chi connectivity index (χ1n) is 7.07. The summed E-state index contributed by atoms with van der Waals surface area (Å²) in [4.78, 5) is 0. The molecule has 42 heavy (non-hydrogen) atoms. The number of hydrogen-bond donors (Lipinski definition) is 0. The third-order valence-corrected chi connectivity index (χ3v) is 0. The molecule has 0 rings (SSSR count). The van der Waals surface area contributed by atoms with Crippen molar-refractivity contribution in [1.82, 2.24) is 0 Å². The maximum absolute atomic E-state index is 8.42. The summed E-state index contributed by atoms with van der Waals surface area (Å²) in [6, 6.07) is 0. The van der Waals surface area contributed by atoms with E-state index in [1.807, 2.05) is 0 Å². The van der Waals surface area contributed by atoms with Crippen LogP contribution in [-0.4, -0.2) is 73.2 Å². The van der Waals surface area contributed by atoms with Crippen LogP contribution in [0.4, 0.5) is 0 Å². The van der Waals surface area contributed by atoms with E-state index in [0.29, 0.717) is 0 Å². The summed E-state index contributed by atoms with van der Waals surface area (Å²) in [6.07, 6.45) is 0. The summed E-state index contributed by atoms with van der Waals surface area (Å²) in [5.41, 5.74) is 0. The monoisotopic (exact) mass is 652 g/mol. The Morgan fingerprint density at radius 3 is 0.167 bits per heavy atom. The molecule has 0 unspecified atom stereocenters. The van der Waals surface area contributed by atoms with Gasteiger partial charge in [0.2, 0.25) is 0 Å². The maximum atomic E-state index is 8.42. The second-order valence-corrected chi connectivity index (χ2v) is 2.89. The molecule has 42 heteroatoms. The van der Waals surface area contributed by atoms with Crippen LogP contribution >= 0.6 is 0 Å². The molecule has 0 aromatic heterocycles. The van der Waals surface area contributed by atoms with Crippen LogP contribution in [0.15, 0.2) is 0 Å². The fourth-order valence-electron chi connectivity index (χ4n) is 0. The van der Waals surface area contributed by atoms with Crippen LogP contribution in [0.3, 0.4) is 0 Å². The molecule has 0 bridgehead atoms. The summed E-state index contributed by atoms with van der Waals surface area (Å²) >= 11 is 0. The molecule has 0 amide bonds. The first-order chi connectivity index (χ1) is 17.3. The third kappa shape index (κ3) is 32300.